The van der Waals surface area contributed by atoms with Crippen molar-refractivity contribution >= 4 is 72.4 Å². The molecular weight excluding hydrogens is 615 g/mol. The number of amidine groups is 1. The molecule has 1 fully saturated rings. The predicted molar refractivity (Wildman–Crippen MR) is 146 cm³/mol. The number of hydrogen-bond acceptors (Lipinski definition) is 5. The van der Waals surface area contributed by atoms with Crippen LogP contribution in [0.2, 0.25) is 0 Å². The SMILES string of the molecule is CCN1C(=O)/C(=C/c2cc(Br)c(OCc3cccc(F)c3)c(Br)c2)SC1=Nc1ccc(C(=O)O)cc1. The number of nitrogens with zero attached hydrogens (tertiary/aromatic N) is 2. The normalized spacial score (nSPS) is 15.7. The Morgan fingerprint density at radius 3 is 2.44 bits per heavy atom. The topological polar surface area (TPSA) is 79.2 Å². The number of thioether (sulfide) groups is 1. The van der Waals surface area contributed by atoms with Gasteiger partial charge in [-0.05, 0) is 116 Å². The van der Waals surface area contributed by atoms with Gasteiger partial charge in [0.1, 0.15) is 18.2 Å². The van der Waals surface area contributed by atoms with Gasteiger partial charge in [-0.2, -0.15) is 0 Å². The van der Waals surface area contributed by atoms with Gasteiger partial charge in [0.15, 0.2) is 5.17 Å². The zero-order valence-electron chi connectivity index (χ0n) is 18.9. The Bertz CT molecular complexity index is 1370. The number of benzene rings is 3. The molecule has 10 heteroatoms. The molecule has 0 aliphatic carbocycles. The summed E-state index contributed by atoms with van der Waals surface area (Å²) >= 11 is 8.29. The lowest BCUT2D eigenvalue weighted by Gasteiger charge is -2.12. The van der Waals surface area contributed by atoms with E-state index < -0.39 is 5.97 Å². The summed E-state index contributed by atoms with van der Waals surface area (Å²) in [6, 6.07) is 16.0. The Labute approximate surface area is 228 Å². The van der Waals surface area contributed by atoms with Gasteiger partial charge >= 0.3 is 5.97 Å². The van der Waals surface area contributed by atoms with Crippen LogP contribution in [0, 0.1) is 5.82 Å². The smallest absolute Gasteiger partial charge is 0.335 e. The summed E-state index contributed by atoms with van der Waals surface area (Å²) < 4.78 is 20.7. The molecule has 4 rings (SSSR count). The fraction of sp³-hybridized carbons (Fsp3) is 0.115. The van der Waals surface area contributed by atoms with E-state index in [2.05, 4.69) is 36.9 Å². The van der Waals surface area contributed by atoms with Crippen molar-refractivity contribution in [2.75, 3.05) is 6.54 Å². The Kier molecular flexibility index (Phi) is 8.28. The van der Waals surface area contributed by atoms with Gasteiger partial charge in [-0.25, -0.2) is 14.2 Å². The van der Waals surface area contributed by atoms with Crippen molar-refractivity contribution in [2.45, 2.75) is 13.5 Å². The highest BCUT2D eigenvalue weighted by atomic mass is 79.9. The van der Waals surface area contributed by atoms with Gasteiger partial charge in [0.25, 0.3) is 5.91 Å². The molecule has 0 spiro atoms. The lowest BCUT2D eigenvalue weighted by atomic mass is 10.2. The van der Waals surface area contributed by atoms with E-state index >= 15 is 0 Å². The molecule has 184 valence electrons. The zero-order valence-corrected chi connectivity index (χ0v) is 22.9. The van der Waals surface area contributed by atoms with E-state index in [1.54, 1.807) is 35.2 Å². The molecule has 36 heavy (non-hydrogen) atoms. The first-order valence-electron chi connectivity index (χ1n) is 10.7. The number of aromatic carboxylic acids is 1. The van der Waals surface area contributed by atoms with Crippen LogP contribution in [0.1, 0.15) is 28.4 Å². The summed E-state index contributed by atoms with van der Waals surface area (Å²) in [6.45, 7) is 2.50. The van der Waals surface area contributed by atoms with Crippen LogP contribution in [0.3, 0.4) is 0 Å². The molecule has 1 amide bonds. The van der Waals surface area contributed by atoms with Crippen LogP contribution in [-0.4, -0.2) is 33.6 Å². The molecule has 0 saturated carbocycles. The van der Waals surface area contributed by atoms with E-state index in [1.807, 2.05) is 19.1 Å². The van der Waals surface area contributed by atoms with Crippen molar-refractivity contribution < 1.29 is 23.8 Å². The molecule has 3 aromatic carbocycles. The van der Waals surface area contributed by atoms with Crippen LogP contribution in [0.15, 0.2) is 79.5 Å². The Morgan fingerprint density at radius 1 is 1.14 bits per heavy atom. The molecule has 0 aromatic heterocycles. The molecule has 1 aliphatic heterocycles. The van der Waals surface area contributed by atoms with Gasteiger partial charge in [-0.15, -0.1) is 0 Å². The van der Waals surface area contributed by atoms with E-state index in [0.29, 0.717) is 42.6 Å². The summed E-state index contributed by atoms with van der Waals surface area (Å²) in [5.41, 5.74) is 2.20. The number of carbonyl (C=O) groups is 2. The number of carboxylic acid groups (broad SMARTS) is 1. The molecule has 1 aliphatic rings. The van der Waals surface area contributed by atoms with Gasteiger partial charge in [0.2, 0.25) is 0 Å². The lowest BCUT2D eigenvalue weighted by Crippen LogP contribution is -2.28. The van der Waals surface area contributed by atoms with Gasteiger partial charge in [-0.3, -0.25) is 9.69 Å². The third-order valence-electron chi connectivity index (χ3n) is 5.13. The van der Waals surface area contributed by atoms with Crippen molar-refractivity contribution in [1.29, 1.82) is 0 Å². The average Bonchev–Trinajstić information content (AvgIpc) is 3.12. The maximum Gasteiger partial charge on any atom is 0.335 e. The summed E-state index contributed by atoms with van der Waals surface area (Å²) in [6.07, 6.45) is 1.78. The first-order valence-corrected chi connectivity index (χ1v) is 13.1. The van der Waals surface area contributed by atoms with Crippen molar-refractivity contribution in [1.82, 2.24) is 4.90 Å². The minimum atomic E-state index is -1.01. The molecule has 1 heterocycles. The molecule has 1 saturated heterocycles. The van der Waals surface area contributed by atoms with E-state index in [4.69, 9.17) is 9.84 Å². The summed E-state index contributed by atoms with van der Waals surface area (Å²) in [7, 11) is 0. The van der Waals surface area contributed by atoms with Crippen molar-refractivity contribution in [3.63, 3.8) is 0 Å². The Hall–Kier alpha value is -2.95. The van der Waals surface area contributed by atoms with E-state index in [0.717, 1.165) is 5.56 Å². The zero-order chi connectivity index (χ0) is 25.8. The second-order valence-electron chi connectivity index (χ2n) is 7.64. The quantitative estimate of drug-likeness (QED) is 0.277. The highest BCUT2D eigenvalue weighted by Gasteiger charge is 2.32. The number of ether oxygens (including phenoxy) is 1. The van der Waals surface area contributed by atoms with Crippen LogP contribution in [0.4, 0.5) is 10.1 Å². The predicted octanol–water partition coefficient (Wildman–Crippen LogP) is 7.25. The molecule has 0 unspecified atom stereocenters. The van der Waals surface area contributed by atoms with Gasteiger partial charge in [0.05, 0.1) is 25.1 Å². The fourth-order valence-electron chi connectivity index (χ4n) is 3.39. The molecule has 6 nitrogen and oxygen atoms in total. The summed E-state index contributed by atoms with van der Waals surface area (Å²) in [5, 5.41) is 9.59. The van der Waals surface area contributed by atoms with Crippen LogP contribution in [0.25, 0.3) is 6.08 Å². The van der Waals surface area contributed by atoms with E-state index in [9.17, 15) is 14.0 Å². The largest absolute Gasteiger partial charge is 0.487 e. The maximum absolute atomic E-state index is 13.4. The molecule has 0 radical (unpaired) electrons. The van der Waals surface area contributed by atoms with E-state index in [1.165, 1.54) is 36.0 Å². The van der Waals surface area contributed by atoms with Gasteiger partial charge in [-0.1, -0.05) is 12.1 Å². The monoisotopic (exact) mass is 632 g/mol. The minimum absolute atomic E-state index is 0.165. The van der Waals surface area contributed by atoms with Crippen LogP contribution >= 0.6 is 43.6 Å². The first kappa shape index (κ1) is 26.1. The lowest BCUT2D eigenvalue weighted by molar-refractivity contribution is -0.122. The minimum Gasteiger partial charge on any atom is -0.487 e. The second kappa shape index (κ2) is 11.4. The van der Waals surface area contributed by atoms with Gasteiger partial charge in [0, 0.05) is 6.54 Å². The molecule has 0 bridgehead atoms. The number of amides is 1. The van der Waals surface area contributed by atoms with Crippen LogP contribution in [-0.2, 0) is 11.4 Å². The number of rotatable bonds is 7. The number of carboxylic acids is 1. The number of aliphatic imine (C=N–C) groups is 1. The third kappa shape index (κ3) is 6.05. The fourth-order valence-corrected chi connectivity index (χ4v) is 5.91. The number of carbonyl (C=O) groups excluding carboxylic acids is 1. The number of hydrogen-bond donors (Lipinski definition) is 1. The number of likely N-dealkylation sites (N-methyl/N-ethyl adjacent to an activating group) is 1. The maximum atomic E-state index is 13.4. The van der Waals surface area contributed by atoms with Gasteiger partial charge < -0.3 is 9.84 Å². The van der Waals surface area contributed by atoms with Crippen LogP contribution < -0.4 is 4.74 Å². The molecule has 0 atom stereocenters. The molecular formula is C26H19Br2FN2O4S. The summed E-state index contributed by atoms with van der Waals surface area (Å²) in [4.78, 5) is 30.7. The Morgan fingerprint density at radius 2 is 1.83 bits per heavy atom. The third-order valence-corrected chi connectivity index (χ3v) is 7.32. The second-order valence-corrected chi connectivity index (χ2v) is 10.4. The van der Waals surface area contributed by atoms with Crippen LogP contribution in [0.5, 0.6) is 5.75 Å². The first-order chi connectivity index (χ1) is 17.2. The number of halogens is 3. The van der Waals surface area contributed by atoms with Crippen molar-refractivity contribution in [3.05, 3.63) is 97.0 Å². The average molecular weight is 634 g/mol. The van der Waals surface area contributed by atoms with E-state index in [-0.39, 0.29) is 23.9 Å². The Balaban J connectivity index is 1.55. The summed E-state index contributed by atoms with van der Waals surface area (Å²) in [5.74, 6) is -0.935. The highest BCUT2D eigenvalue weighted by molar-refractivity contribution is 9.11. The molecule has 3 aromatic rings. The highest BCUT2D eigenvalue weighted by Crippen LogP contribution is 2.38. The van der Waals surface area contributed by atoms with Crippen molar-refractivity contribution in [2.24, 2.45) is 4.99 Å². The molecule has 1 N–H and O–H groups in total. The van der Waals surface area contributed by atoms with Crippen molar-refractivity contribution in [3.8, 4) is 5.75 Å². The standard InChI is InChI=1S/C26H19Br2FN2O4S/c1-2-31-24(32)22(36-26(31)30-19-8-6-17(7-9-19)25(33)34)13-16-11-20(27)23(21(28)12-16)35-14-15-4-3-5-18(29)10-15/h3-13H,2,14H2,1H3,(H,33,34)/b22-13-,30-26?.